The van der Waals surface area contributed by atoms with Crippen LogP contribution in [-0.2, 0) is 0 Å². The quantitative estimate of drug-likeness (QED) is 0.648. The normalized spacial score (nSPS) is 10.7. The van der Waals surface area contributed by atoms with Gasteiger partial charge in [-0.25, -0.2) is 9.37 Å². The first kappa shape index (κ1) is 18.8. The Hall–Kier alpha value is -2.93. The van der Waals surface area contributed by atoms with Gasteiger partial charge in [0.15, 0.2) is 11.5 Å². The number of carbonyl (C=O) groups is 1. The Kier molecular flexibility index (Phi) is 5.71. The van der Waals surface area contributed by atoms with Crippen LogP contribution in [0.4, 0.5) is 10.1 Å². The van der Waals surface area contributed by atoms with Crippen LogP contribution < -0.4 is 14.8 Å². The Labute approximate surface area is 160 Å². The monoisotopic (exact) mass is 386 g/mol. The number of anilines is 1. The number of hydrogen-bond donors (Lipinski definition) is 1. The fraction of sp³-hybridized carbons (Fsp3) is 0.200. The molecule has 1 amide bonds. The van der Waals surface area contributed by atoms with E-state index in [0.717, 1.165) is 5.56 Å². The van der Waals surface area contributed by atoms with Gasteiger partial charge in [-0.15, -0.1) is 11.3 Å². The molecule has 0 spiro atoms. The second kappa shape index (κ2) is 8.18. The Morgan fingerprint density at radius 1 is 1.15 bits per heavy atom. The highest BCUT2D eigenvalue weighted by Gasteiger charge is 2.14. The number of nitrogens with one attached hydrogen (secondary N) is 1. The summed E-state index contributed by atoms with van der Waals surface area (Å²) in [6.45, 7) is 3.89. The molecule has 0 bridgehead atoms. The van der Waals surface area contributed by atoms with Crippen molar-refractivity contribution in [3.63, 3.8) is 0 Å². The highest BCUT2D eigenvalue weighted by molar-refractivity contribution is 7.13. The number of benzene rings is 2. The molecule has 5 nitrogen and oxygen atoms in total. The molecule has 140 valence electrons. The number of carbonyl (C=O) groups excluding carboxylic acids is 1. The number of ether oxygens (including phenoxy) is 2. The van der Waals surface area contributed by atoms with Crippen molar-refractivity contribution in [2.24, 2.45) is 0 Å². The van der Waals surface area contributed by atoms with Crippen LogP contribution in [0.15, 0.2) is 47.8 Å². The Balaban J connectivity index is 1.78. The molecular formula is C20H19FN2O3S. The van der Waals surface area contributed by atoms with Crippen molar-refractivity contribution >= 4 is 22.9 Å². The molecule has 1 aromatic heterocycles. The smallest absolute Gasteiger partial charge is 0.275 e. The molecule has 1 N–H and O–H groups in total. The molecule has 0 saturated heterocycles. The Morgan fingerprint density at radius 3 is 2.56 bits per heavy atom. The van der Waals surface area contributed by atoms with Gasteiger partial charge in [-0.05, 0) is 56.3 Å². The SMILES string of the molecule is COc1cc(-c2nc(C(=O)Nc3ccc(F)cc3)cs2)ccc1OC(C)C. The number of thiazole rings is 1. The van der Waals surface area contributed by atoms with E-state index in [9.17, 15) is 9.18 Å². The standard InChI is InChI=1S/C20H19FN2O3S/c1-12(2)26-17-9-4-13(10-18(17)25-3)20-23-16(11-27-20)19(24)22-15-7-5-14(21)6-8-15/h4-12H,1-3H3,(H,22,24). The van der Waals surface area contributed by atoms with E-state index in [1.807, 2.05) is 32.0 Å². The van der Waals surface area contributed by atoms with Crippen molar-refractivity contribution in [3.05, 3.63) is 59.4 Å². The maximum absolute atomic E-state index is 13.0. The van der Waals surface area contributed by atoms with Crippen LogP contribution in [0.2, 0.25) is 0 Å². The van der Waals surface area contributed by atoms with E-state index in [2.05, 4.69) is 10.3 Å². The third-order valence-electron chi connectivity index (χ3n) is 3.61. The zero-order chi connectivity index (χ0) is 19.4. The van der Waals surface area contributed by atoms with Crippen molar-refractivity contribution in [2.45, 2.75) is 20.0 Å². The zero-order valence-electron chi connectivity index (χ0n) is 15.2. The molecule has 3 rings (SSSR count). The fourth-order valence-corrected chi connectivity index (χ4v) is 3.19. The van der Waals surface area contributed by atoms with E-state index in [1.165, 1.54) is 35.6 Å². The van der Waals surface area contributed by atoms with E-state index in [0.29, 0.717) is 27.9 Å². The summed E-state index contributed by atoms with van der Waals surface area (Å²) in [7, 11) is 1.58. The van der Waals surface area contributed by atoms with Crippen LogP contribution in [-0.4, -0.2) is 24.1 Å². The fourth-order valence-electron chi connectivity index (χ4n) is 2.39. The van der Waals surface area contributed by atoms with Crippen LogP contribution in [0, 0.1) is 5.82 Å². The summed E-state index contributed by atoms with van der Waals surface area (Å²) in [6.07, 6.45) is 0.0337. The lowest BCUT2D eigenvalue weighted by Crippen LogP contribution is -2.12. The molecule has 2 aromatic carbocycles. The molecular weight excluding hydrogens is 367 g/mol. The number of halogens is 1. The maximum atomic E-state index is 13.0. The van der Waals surface area contributed by atoms with Gasteiger partial charge in [0, 0.05) is 16.6 Å². The van der Waals surface area contributed by atoms with Gasteiger partial charge in [0.05, 0.1) is 13.2 Å². The number of hydrogen-bond acceptors (Lipinski definition) is 5. The number of methoxy groups -OCH3 is 1. The molecule has 0 radical (unpaired) electrons. The van der Waals surface area contributed by atoms with Crippen LogP contribution >= 0.6 is 11.3 Å². The first-order valence-corrected chi connectivity index (χ1v) is 9.21. The summed E-state index contributed by atoms with van der Waals surface area (Å²) < 4.78 is 24.1. The lowest BCUT2D eigenvalue weighted by molar-refractivity contribution is 0.102. The highest BCUT2D eigenvalue weighted by atomic mass is 32.1. The van der Waals surface area contributed by atoms with Gasteiger partial charge in [0.2, 0.25) is 0 Å². The molecule has 7 heteroatoms. The lowest BCUT2D eigenvalue weighted by atomic mass is 10.2. The molecule has 0 atom stereocenters. The predicted octanol–water partition coefficient (Wildman–Crippen LogP) is 5.00. The molecule has 1 heterocycles. The summed E-state index contributed by atoms with van der Waals surface area (Å²) in [5.74, 6) is 0.550. The van der Waals surface area contributed by atoms with Gasteiger partial charge < -0.3 is 14.8 Å². The van der Waals surface area contributed by atoms with E-state index >= 15 is 0 Å². The average molecular weight is 386 g/mol. The van der Waals surface area contributed by atoms with Gasteiger partial charge in [-0.3, -0.25) is 4.79 Å². The zero-order valence-corrected chi connectivity index (χ0v) is 16.0. The molecule has 0 aliphatic rings. The lowest BCUT2D eigenvalue weighted by Gasteiger charge is -2.14. The molecule has 3 aromatic rings. The van der Waals surface area contributed by atoms with Crippen molar-refractivity contribution in [2.75, 3.05) is 12.4 Å². The van der Waals surface area contributed by atoms with E-state index in [1.54, 1.807) is 12.5 Å². The second-order valence-corrected chi connectivity index (χ2v) is 6.89. The topological polar surface area (TPSA) is 60.5 Å². The maximum Gasteiger partial charge on any atom is 0.275 e. The van der Waals surface area contributed by atoms with E-state index in [4.69, 9.17) is 9.47 Å². The van der Waals surface area contributed by atoms with E-state index in [-0.39, 0.29) is 17.8 Å². The minimum absolute atomic E-state index is 0.0337. The molecule has 0 aliphatic heterocycles. The van der Waals surface area contributed by atoms with Crippen LogP contribution in [0.5, 0.6) is 11.5 Å². The van der Waals surface area contributed by atoms with Crippen molar-refractivity contribution in [1.29, 1.82) is 0 Å². The minimum Gasteiger partial charge on any atom is -0.493 e. The summed E-state index contributed by atoms with van der Waals surface area (Å²) in [6, 6.07) is 11.1. The van der Waals surface area contributed by atoms with Gasteiger partial charge in [-0.2, -0.15) is 0 Å². The van der Waals surface area contributed by atoms with Gasteiger partial charge >= 0.3 is 0 Å². The summed E-state index contributed by atoms with van der Waals surface area (Å²) >= 11 is 1.35. The van der Waals surface area contributed by atoms with Gasteiger partial charge in [-0.1, -0.05) is 0 Å². The van der Waals surface area contributed by atoms with Crippen molar-refractivity contribution in [3.8, 4) is 22.1 Å². The molecule has 0 saturated carbocycles. The Morgan fingerprint density at radius 2 is 1.89 bits per heavy atom. The molecule has 0 unspecified atom stereocenters. The second-order valence-electron chi connectivity index (χ2n) is 6.03. The molecule has 27 heavy (non-hydrogen) atoms. The Bertz CT molecular complexity index is 939. The number of aromatic nitrogens is 1. The number of nitrogens with zero attached hydrogens (tertiary/aromatic N) is 1. The minimum atomic E-state index is -0.359. The third-order valence-corrected chi connectivity index (χ3v) is 4.50. The van der Waals surface area contributed by atoms with Crippen LogP contribution in [0.25, 0.3) is 10.6 Å². The summed E-state index contributed by atoms with van der Waals surface area (Å²) in [4.78, 5) is 16.7. The molecule has 0 aliphatic carbocycles. The highest BCUT2D eigenvalue weighted by Crippen LogP contribution is 2.34. The average Bonchev–Trinajstić information content (AvgIpc) is 3.14. The van der Waals surface area contributed by atoms with Crippen molar-refractivity contribution < 1.29 is 18.7 Å². The first-order chi connectivity index (χ1) is 13.0. The molecule has 0 fully saturated rings. The summed E-state index contributed by atoms with van der Waals surface area (Å²) in [5, 5.41) is 5.07. The number of amides is 1. The van der Waals surface area contributed by atoms with Gasteiger partial charge in [0.25, 0.3) is 5.91 Å². The van der Waals surface area contributed by atoms with Crippen molar-refractivity contribution in [1.82, 2.24) is 4.98 Å². The predicted molar refractivity (Wildman–Crippen MR) is 104 cm³/mol. The third kappa shape index (κ3) is 4.62. The summed E-state index contributed by atoms with van der Waals surface area (Å²) in [5.41, 5.74) is 1.63. The van der Waals surface area contributed by atoms with Gasteiger partial charge in [0.1, 0.15) is 16.5 Å². The first-order valence-electron chi connectivity index (χ1n) is 8.34. The van der Waals surface area contributed by atoms with Crippen LogP contribution in [0.1, 0.15) is 24.3 Å². The largest absolute Gasteiger partial charge is 0.493 e. The number of rotatable bonds is 6. The van der Waals surface area contributed by atoms with E-state index < -0.39 is 0 Å². The van der Waals surface area contributed by atoms with Crippen LogP contribution in [0.3, 0.4) is 0 Å².